The lowest BCUT2D eigenvalue weighted by atomic mass is 9.80. The first-order valence-electron chi connectivity index (χ1n) is 9.37. The van der Waals surface area contributed by atoms with Gasteiger partial charge in [-0.25, -0.2) is 0 Å². The third kappa shape index (κ3) is 3.62. The molecule has 5 nitrogen and oxygen atoms in total. The van der Waals surface area contributed by atoms with E-state index in [1.54, 1.807) is 12.1 Å². The van der Waals surface area contributed by atoms with Crippen LogP contribution in [0, 0.1) is 5.92 Å². The Labute approximate surface area is 162 Å². The van der Waals surface area contributed by atoms with Gasteiger partial charge in [-0.2, -0.15) is 23.3 Å². The molecule has 28 heavy (non-hydrogen) atoms. The summed E-state index contributed by atoms with van der Waals surface area (Å²) in [7, 11) is 0. The summed E-state index contributed by atoms with van der Waals surface area (Å²) in [5.41, 5.74) is -2.07. The first-order valence-corrected chi connectivity index (χ1v) is 9.37. The van der Waals surface area contributed by atoms with E-state index < -0.39 is 30.3 Å². The van der Waals surface area contributed by atoms with E-state index in [1.165, 1.54) is 0 Å². The summed E-state index contributed by atoms with van der Waals surface area (Å²) in [4.78, 5) is 12.5. The lowest BCUT2D eigenvalue weighted by Gasteiger charge is -2.38. The largest absolute Gasteiger partial charge is 0.484 e. The van der Waals surface area contributed by atoms with Crippen LogP contribution in [0.4, 0.5) is 13.2 Å². The summed E-state index contributed by atoms with van der Waals surface area (Å²) in [6, 6.07) is 7.02. The smallest absolute Gasteiger partial charge is 0.439 e. The Hall–Kier alpha value is -2.09. The standard InChI is InChI=1S/C20H25F3N2O3/c1-18(2,3)13-8-10-14(11-9-13)28-12-17(26)25-19(27,20(21,22)23)15-6-4-5-7-16(15)24-25/h8-11,15,27H,4-7,12H2,1-3H3/t15-,19+/m1/s1. The molecule has 0 aromatic heterocycles. The number of rotatable bonds is 3. The molecule has 1 aliphatic carbocycles. The normalized spacial score (nSPS) is 25.3. The van der Waals surface area contributed by atoms with Crippen LogP contribution in [0.1, 0.15) is 52.0 Å². The number of hydrogen-bond donors (Lipinski definition) is 1. The van der Waals surface area contributed by atoms with Crippen LogP contribution in [0.3, 0.4) is 0 Å². The van der Waals surface area contributed by atoms with Gasteiger partial charge in [0, 0.05) is 5.71 Å². The highest BCUT2D eigenvalue weighted by atomic mass is 19.4. The van der Waals surface area contributed by atoms with Crippen molar-refractivity contribution in [3.05, 3.63) is 29.8 Å². The van der Waals surface area contributed by atoms with E-state index in [2.05, 4.69) is 25.9 Å². The molecule has 1 amide bonds. The van der Waals surface area contributed by atoms with Gasteiger partial charge in [0.15, 0.2) is 6.61 Å². The molecule has 1 N–H and O–H groups in total. The lowest BCUT2D eigenvalue weighted by molar-refractivity contribution is -0.317. The van der Waals surface area contributed by atoms with E-state index in [-0.39, 0.29) is 22.6 Å². The van der Waals surface area contributed by atoms with Gasteiger partial charge >= 0.3 is 6.18 Å². The summed E-state index contributed by atoms with van der Waals surface area (Å²) >= 11 is 0. The zero-order valence-corrected chi connectivity index (χ0v) is 16.2. The lowest BCUT2D eigenvalue weighted by Crippen LogP contribution is -2.62. The number of hydrogen-bond acceptors (Lipinski definition) is 4. The van der Waals surface area contributed by atoms with Crippen LogP contribution >= 0.6 is 0 Å². The Morgan fingerprint density at radius 1 is 1.25 bits per heavy atom. The molecule has 1 aromatic rings. The van der Waals surface area contributed by atoms with Crippen LogP contribution in [-0.4, -0.2) is 40.2 Å². The molecule has 1 saturated carbocycles. The average Bonchev–Trinajstić information content (AvgIpc) is 2.94. The molecule has 1 heterocycles. The molecule has 0 radical (unpaired) electrons. The maximum Gasteiger partial charge on any atom is 0.439 e. The highest BCUT2D eigenvalue weighted by Gasteiger charge is 2.68. The molecule has 2 atom stereocenters. The molecule has 154 valence electrons. The van der Waals surface area contributed by atoms with Crippen LogP contribution in [0.5, 0.6) is 5.75 Å². The van der Waals surface area contributed by atoms with Gasteiger partial charge in [0.2, 0.25) is 0 Å². The molecular weight excluding hydrogens is 373 g/mol. The fraction of sp³-hybridized carbons (Fsp3) is 0.600. The summed E-state index contributed by atoms with van der Waals surface area (Å²) in [6.07, 6.45) is -3.26. The van der Waals surface area contributed by atoms with Gasteiger partial charge in [0.1, 0.15) is 5.75 Å². The number of carbonyl (C=O) groups is 1. The number of hydrazone groups is 1. The fourth-order valence-electron chi connectivity index (χ4n) is 3.72. The summed E-state index contributed by atoms with van der Waals surface area (Å²) in [6.45, 7) is 5.51. The molecule has 0 unspecified atom stereocenters. The van der Waals surface area contributed by atoms with Crippen molar-refractivity contribution in [2.45, 2.75) is 63.8 Å². The molecular formula is C20H25F3N2O3. The molecule has 0 spiro atoms. The van der Waals surface area contributed by atoms with Crippen molar-refractivity contribution in [2.75, 3.05) is 6.61 Å². The third-order valence-corrected chi connectivity index (χ3v) is 5.35. The van der Waals surface area contributed by atoms with Gasteiger partial charge in [0.25, 0.3) is 11.6 Å². The SMILES string of the molecule is CC(C)(C)c1ccc(OCC(=O)N2N=C3CCCC[C@H]3[C@]2(O)C(F)(F)F)cc1. The molecule has 1 fully saturated rings. The predicted octanol–water partition coefficient (Wildman–Crippen LogP) is 4.00. The van der Waals surface area contributed by atoms with Gasteiger partial charge in [-0.15, -0.1) is 0 Å². The average molecular weight is 398 g/mol. The van der Waals surface area contributed by atoms with E-state index in [4.69, 9.17) is 4.74 Å². The van der Waals surface area contributed by atoms with Crippen molar-refractivity contribution in [3.8, 4) is 5.75 Å². The van der Waals surface area contributed by atoms with Crippen molar-refractivity contribution in [1.29, 1.82) is 0 Å². The minimum atomic E-state index is -5.01. The number of ether oxygens (including phenoxy) is 1. The minimum Gasteiger partial charge on any atom is -0.484 e. The van der Waals surface area contributed by atoms with Crippen LogP contribution in [0.15, 0.2) is 29.4 Å². The highest BCUT2D eigenvalue weighted by molar-refractivity contribution is 5.93. The number of alkyl halides is 3. The number of aliphatic hydroxyl groups is 1. The zero-order valence-electron chi connectivity index (χ0n) is 16.2. The van der Waals surface area contributed by atoms with Gasteiger partial charge in [-0.3, -0.25) is 4.79 Å². The number of halogens is 3. The first-order chi connectivity index (χ1) is 12.9. The fourth-order valence-corrected chi connectivity index (χ4v) is 3.72. The number of fused-ring (bicyclic) bond motifs is 1. The van der Waals surface area contributed by atoms with Crippen molar-refractivity contribution in [1.82, 2.24) is 5.01 Å². The van der Waals surface area contributed by atoms with Crippen LogP contribution in [0.2, 0.25) is 0 Å². The van der Waals surface area contributed by atoms with Crippen molar-refractivity contribution in [2.24, 2.45) is 11.0 Å². The summed E-state index contributed by atoms with van der Waals surface area (Å²) in [5.74, 6) is -1.88. The number of benzene rings is 1. The molecule has 2 aliphatic rings. The number of carbonyl (C=O) groups excluding carboxylic acids is 1. The van der Waals surface area contributed by atoms with Crippen LogP contribution in [0.25, 0.3) is 0 Å². The summed E-state index contributed by atoms with van der Waals surface area (Å²) < 4.78 is 46.4. The monoisotopic (exact) mass is 398 g/mol. The molecule has 1 aromatic carbocycles. The molecule has 1 aliphatic heterocycles. The van der Waals surface area contributed by atoms with E-state index in [0.717, 1.165) is 5.56 Å². The topological polar surface area (TPSA) is 62.1 Å². The van der Waals surface area contributed by atoms with Gasteiger partial charge in [0.05, 0.1) is 5.92 Å². The zero-order chi connectivity index (χ0) is 20.7. The highest BCUT2D eigenvalue weighted by Crippen LogP contribution is 2.48. The van der Waals surface area contributed by atoms with Crippen LogP contribution in [-0.2, 0) is 10.2 Å². The second-order valence-electron chi connectivity index (χ2n) is 8.38. The Morgan fingerprint density at radius 2 is 1.89 bits per heavy atom. The Kier molecular flexibility index (Phi) is 5.20. The maximum atomic E-state index is 13.7. The second kappa shape index (κ2) is 7.06. The van der Waals surface area contributed by atoms with E-state index in [1.807, 2.05) is 12.1 Å². The Bertz CT molecular complexity index is 768. The van der Waals surface area contributed by atoms with Crippen LogP contribution < -0.4 is 4.74 Å². The van der Waals surface area contributed by atoms with Gasteiger partial charge in [-0.1, -0.05) is 39.3 Å². The third-order valence-electron chi connectivity index (χ3n) is 5.35. The van der Waals surface area contributed by atoms with Crippen molar-refractivity contribution < 1.29 is 27.8 Å². The predicted molar refractivity (Wildman–Crippen MR) is 97.9 cm³/mol. The van der Waals surface area contributed by atoms with Gasteiger partial charge < -0.3 is 9.84 Å². The number of nitrogens with zero attached hydrogens (tertiary/aromatic N) is 2. The number of amides is 1. The Morgan fingerprint density at radius 3 is 2.46 bits per heavy atom. The van der Waals surface area contributed by atoms with E-state index in [9.17, 15) is 23.1 Å². The first kappa shape index (κ1) is 20.6. The minimum absolute atomic E-state index is 0.0561. The van der Waals surface area contributed by atoms with Crippen molar-refractivity contribution in [3.63, 3.8) is 0 Å². The van der Waals surface area contributed by atoms with E-state index in [0.29, 0.717) is 25.0 Å². The Balaban J connectivity index is 1.74. The van der Waals surface area contributed by atoms with Crippen molar-refractivity contribution >= 4 is 11.6 Å². The van der Waals surface area contributed by atoms with E-state index >= 15 is 0 Å². The molecule has 0 saturated heterocycles. The molecule has 8 heteroatoms. The maximum absolute atomic E-state index is 13.7. The molecule has 0 bridgehead atoms. The summed E-state index contributed by atoms with van der Waals surface area (Å²) in [5, 5.41) is 14.5. The quantitative estimate of drug-likeness (QED) is 0.837. The second-order valence-corrected chi connectivity index (χ2v) is 8.38. The molecule has 3 rings (SSSR count). The van der Waals surface area contributed by atoms with Gasteiger partial charge in [-0.05, 0) is 42.4 Å².